The number of furan rings is 1. The molecular formula is C21H17F2NO3. The van der Waals surface area contributed by atoms with Gasteiger partial charge in [-0.2, -0.15) is 0 Å². The monoisotopic (exact) mass is 369 g/mol. The number of hydrogen-bond acceptors (Lipinski definition) is 3. The highest BCUT2D eigenvalue weighted by Crippen LogP contribution is 2.40. The molecule has 0 fully saturated rings. The Kier molecular flexibility index (Phi) is 4.39. The Labute approximate surface area is 154 Å². The molecule has 0 radical (unpaired) electrons. The summed E-state index contributed by atoms with van der Waals surface area (Å²) in [5.74, 6) is -0.236. The fourth-order valence-corrected chi connectivity index (χ4v) is 3.24. The predicted molar refractivity (Wildman–Crippen MR) is 95.7 cm³/mol. The van der Waals surface area contributed by atoms with Crippen LogP contribution in [-0.2, 0) is 6.42 Å². The third kappa shape index (κ3) is 3.43. The van der Waals surface area contributed by atoms with Crippen molar-refractivity contribution in [2.45, 2.75) is 19.4 Å². The van der Waals surface area contributed by atoms with E-state index < -0.39 is 0 Å². The van der Waals surface area contributed by atoms with E-state index in [-0.39, 0.29) is 36.0 Å². The van der Waals surface area contributed by atoms with Crippen LogP contribution in [0.5, 0.6) is 5.75 Å². The molecule has 0 saturated heterocycles. The Morgan fingerprint density at radius 3 is 2.81 bits per heavy atom. The third-order valence-electron chi connectivity index (χ3n) is 4.57. The highest BCUT2D eigenvalue weighted by molar-refractivity contribution is 5.91. The van der Waals surface area contributed by atoms with Crippen molar-refractivity contribution in [2.24, 2.45) is 0 Å². The molecule has 138 valence electrons. The number of fused-ring (bicyclic) bond motifs is 1. The second kappa shape index (κ2) is 6.87. The van der Waals surface area contributed by atoms with Gasteiger partial charge in [-0.3, -0.25) is 4.79 Å². The molecule has 1 aliphatic heterocycles. The molecule has 1 aliphatic rings. The maximum absolute atomic E-state index is 14.1. The number of carbonyl (C=O) groups is 1. The summed E-state index contributed by atoms with van der Waals surface area (Å²) in [7, 11) is 0. The minimum Gasteiger partial charge on any atom is -0.487 e. The SMILES string of the molecule is Cc1cc(-c2cc(F)cc3c2OC(CNC(=O)c2ccco2)C3)ccc1F. The predicted octanol–water partition coefficient (Wildman–Crippen LogP) is 4.27. The molecule has 2 heterocycles. The van der Waals surface area contributed by atoms with Crippen LogP contribution in [0.25, 0.3) is 11.1 Å². The summed E-state index contributed by atoms with van der Waals surface area (Å²) in [4.78, 5) is 12.0. The normalized spacial score (nSPS) is 15.3. The van der Waals surface area contributed by atoms with Gasteiger partial charge in [0.25, 0.3) is 5.91 Å². The second-order valence-corrected chi connectivity index (χ2v) is 6.54. The zero-order valence-electron chi connectivity index (χ0n) is 14.6. The van der Waals surface area contributed by atoms with Crippen LogP contribution >= 0.6 is 0 Å². The fourth-order valence-electron chi connectivity index (χ4n) is 3.24. The number of rotatable bonds is 4. The first-order chi connectivity index (χ1) is 13.0. The first-order valence-electron chi connectivity index (χ1n) is 8.58. The second-order valence-electron chi connectivity index (χ2n) is 6.54. The Morgan fingerprint density at radius 2 is 2.07 bits per heavy atom. The van der Waals surface area contributed by atoms with Crippen molar-refractivity contribution in [3.8, 4) is 16.9 Å². The van der Waals surface area contributed by atoms with Gasteiger partial charge in [-0.25, -0.2) is 8.78 Å². The number of ether oxygens (including phenoxy) is 1. The van der Waals surface area contributed by atoms with Crippen LogP contribution in [-0.4, -0.2) is 18.6 Å². The van der Waals surface area contributed by atoms with Crippen molar-refractivity contribution in [2.75, 3.05) is 6.54 Å². The first kappa shape index (κ1) is 17.3. The number of halogens is 2. The van der Waals surface area contributed by atoms with Crippen molar-refractivity contribution in [1.29, 1.82) is 0 Å². The summed E-state index contributed by atoms with van der Waals surface area (Å²) in [6, 6.07) is 10.7. The van der Waals surface area contributed by atoms with E-state index in [1.54, 1.807) is 31.2 Å². The van der Waals surface area contributed by atoms with Gasteiger partial charge < -0.3 is 14.5 Å². The van der Waals surface area contributed by atoms with E-state index in [0.717, 1.165) is 5.56 Å². The lowest BCUT2D eigenvalue weighted by Crippen LogP contribution is -2.34. The van der Waals surface area contributed by atoms with Crippen LogP contribution < -0.4 is 10.1 Å². The molecule has 1 unspecified atom stereocenters. The lowest BCUT2D eigenvalue weighted by Gasteiger charge is -2.13. The largest absolute Gasteiger partial charge is 0.487 e. The summed E-state index contributed by atoms with van der Waals surface area (Å²) in [5.41, 5.74) is 2.47. The molecule has 1 N–H and O–H groups in total. The average Bonchev–Trinajstić information content (AvgIpc) is 3.31. The number of amides is 1. The highest BCUT2D eigenvalue weighted by atomic mass is 19.1. The first-order valence-corrected chi connectivity index (χ1v) is 8.58. The Morgan fingerprint density at radius 1 is 1.22 bits per heavy atom. The Hall–Kier alpha value is -3.15. The highest BCUT2D eigenvalue weighted by Gasteiger charge is 2.27. The molecule has 1 amide bonds. The van der Waals surface area contributed by atoms with Crippen molar-refractivity contribution >= 4 is 5.91 Å². The summed E-state index contributed by atoms with van der Waals surface area (Å²) in [6.07, 6.45) is 1.58. The summed E-state index contributed by atoms with van der Waals surface area (Å²) >= 11 is 0. The molecule has 0 aliphatic carbocycles. The summed E-state index contributed by atoms with van der Waals surface area (Å²) in [6.45, 7) is 1.92. The van der Waals surface area contributed by atoms with E-state index in [0.29, 0.717) is 28.9 Å². The van der Waals surface area contributed by atoms with Crippen LogP contribution in [0.2, 0.25) is 0 Å². The number of benzene rings is 2. The smallest absolute Gasteiger partial charge is 0.287 e. The molecule has 2 aromatic carbocycles. The molecule has 1 atom stereocenters. The zero-order valence-corrected chi connectivity index (χ0v) is 14.6. The molecule has 4 nitrogen and oxygen atoms in total. The van der Waals surface area contributed by atoms with Gasteiger partial charge in [0, 0.05) is 17.5 Å². The third-order valence-corrected chi connectivity index (χ3v) is 4.57. The minimum absolute atomic E-state index is 0.221. The molecular weight excluding hydrogens is 352 g/mol. The standard InChI is InChI=1S/C21H17F2NO3/c1-12-7-13(4-5-18(12)23)17-10-15(22)8-14-9-16(27-20(14)17)11-24-21(25)19-3-2-6-26-19/h2-8,10,16H,9,11H2,1H3,(H,24,25). The minimum atomic E-state index is -0.380. The number of carbonyl (C=O) groups excluding carboxylic acids is 1. The lowest BCUT2D eigenvalue weighted by molar-refractivity contribution is 0.0906. The Bertz CT molecular complexity index is 999. The van der Waals surface area contributed by atoms with Gasteiger partial charge in [-0.15, -0.1) is 0 Å². The quantitative estimate of drug-likeness (QED) is 0.747. The Balaban J connectivity index is 1.55. The van der Waals surface area contributed by atoms with Crippen molar-refractivity contribution in [3.05, 3.63) is 77.2 Å². The fraction of sp³-hybridized carbons (Fsp3) is 0.190. The molecule has 27 heavy (non-hydrogen) atoms. The maximum Gasteiger partial charge on any atom is 0.287 e. The molecule has 0 spiro atoms. The van der Waals surface area contributed by atoms with E-state index in [1.807, 2.05) is 0 Å². The van der Waals surface area contributed by atoms with Crippen LogP contribution in [0.4, 0.5) is 8.78 Å². The van der Waals surface area contributed by atoms with Crippen molar-refractivity contribution in [1.82, 2.24) is 5.32 Å². The van der Waals surface area contributed by atoms with E-state index in [4.69, 9.17) is 9.15 Å². The number of nitrogens with one attached hydrogen (secondary N) is 1. The molecule has 0 bridgehead atoms. The lowest BCUT2D eigenvalue weighted by atomic mass is 9.99. The van der Waals surface area contributed by atoms with Crippen LogP contribution in [0.3, 0.4) is 0 Å². The van der Waals surface area contributed by atoms with E-state index in [9.17, 15) is 13.6 Å². The molecule has 6 heteroatoms. The van der Waals surface area contributed by atoms with Crippen LogP contribution in [0.1, 0.15) is 21.7 Å². The van der Waals surface area contributed by atoms with Gasteiger partial charge in [0.05, 0.1) is 12.8 Å². The molecule has 1 aromatic heterocycles. The van der Waals surface area contributed by atoms with Gasteiger partial charge in [0.1, 0.15) is 23.5 Å². The van der Waals surface area contributed by atoms with Gasteiger partial charge >= 0.3 is 0 Å². The van der Waals surface area contributed by atoms with E-state index in [1.165, 1.54) is 24.5 Å². The topological polar surface area (TPSA) is 51.5 Å². The number of aryl methyl sites for hydroxylation is 1. The van der Waals surface area contributed by atoms with Crippen molar-refractivity contribution < 1.29 is 22.7 Å². The number of hydrogen-bond donors (Lipinski definition) is 1. The van der Waals surface area contributed by atoms with Crippen LogP contribution in [0, 0.1) is 18.6 Å². The van der Waals surface area contributed by atoms with Crippen molar-refractivity contribution in [3.63, 3.8) is 0 Å². The van der Waals surface area contributed by atoms with Gasteiger partial charge in [0.15, 0.2) is 5.76 Å². The van der Waals surface area contributed by atoms with E-state index in [2.05, 4.69) is 5.32 Å². The molecule has 0 saturated carbocycles. The summed E-state index contributed by atoms with van der Waals surface area (Å²) < 4.78 is 38.7. The van der Waals surface area contributed by atoms with Crippen LogP contribution in [0.15, 0.2) is 53.1 Å². The molecule has 3 aromatic rings. The maximum atomic E-state index is 14.1. The average molecular weight is 369 g/mol. The van der Waals surface area contributed by atoms with E-state index >= 15 is 0 Å². The zero-order chi connectivity index (χ0) is 19.0. The van der Waals surface area contributed by atoms with Gasteiger partial charge in [-0.05, 0) is 54.4 Å². The summed E-state index contributed by atoms with van der Waals surface area (Å²) in [5, 5.41) is 2.75. The molecule has 4 rings (SSSR count). The van der Waals surface area contributed by atoms with Gasteiger partial charge in [-0.1, -0.05) is 6.07 Å². The van der Waals surface area contributed by atoms with Gasteiger partial charge in [0.2, 0.25) is 0 Å².